The minimum atomic E-state index is -0.610. The number of aromatic hydroxyl groups is 1. The van der Waals surface area contributed by atoms with Crippen molar-refractivity contribution in [2.24, 2.45) is 10.2 Å². The van der Waals surface area contributed by atoms with Crippen LogP contribution in [0.15, 0.2) is 77.5 Å². The first-order valence-corrected chi connectivity index (χ1v) is 8.76. The summed E-state index contributed by atoms with van der Waals surface area (Å²) in [6, 6.07) is 16.5. The van der Waals surface area contributed by atoms with E-state index >= 15 is 0 Å². The number of hydrogen-bond acceptors (Lipinski definition) is 4. The second-order valence-corrected chi connectivity index (χ2v) is 6.12. The van der Waals surface area contributed by atoms with Crippen LogP contribution in [0.3, 0.4) is 0 Å². The molecule has 2 aromatic carbocycles. The molecule has 7 heteroatoms. The summed E-state index contributed by atoms with van der Waals surface area (Å²) < 4.78 is 1.63. The van der Waals surface area contributed by atoms with Gasteiger partial charge >= 0.3 is 0 Å². The van der Waals surface area contributed by atoms with Gasteiger partial charge in [-0.1, -0.05) is 54.6 Å². The minimum absolute atomic E-state index is 0.0919. The van der Waals surface area contributed by atoms with E-state index in [1.165, 1.54) is 0 Å². The van der Waals surface area contributed by atoms with Gasteiger partial charge in [-0.3, -0.25) is 9.59 Å². The monoisotopic (exact) mass is 376 g/mol. The van der Waals surface area contributed by atoms with Gasteiger partial charge in [0, 0.05) is 11.9 Å². The Morgan fingerprint density at radius 3 is 2.57 bits per heavy atom. The van der Waals surface area contributed by atoms with Crippen molar-refractivity contribution in [2.75, 3.05) is 6.54 Å². The summed E-state index contributed by atoms with van der Waals surface area (Å²) in [4.78, 5) is 23.9. The predicted octanol–water partition coefficient (Wildman–Crippen LogP) is 3.50. The largest absolute Gasteiger partial charge is 0.493 e. The van der Waals surface area contributed by atoms with E-state index in [9.17, 15) is 14.7 Å². The molecule has 0 saturated carbocycles. The van der Waals surface area contributed by atoms with Gasteiger partial charge in [0.1, 0.15) is 6.54 Å². The molecule has 1 aromatic heterocycles. The smallest absolute Gasteiger partial charge is 0.283 e. The summed E-state index contributed by atoms with van der Waals surface area (Å²) in [6.45, 7) is 3.81. The van der Waals surface area contributed by atoms with Gasteiger partial charge in [0.2, 0.25) is 11.8 Å². The number of hydrogen-bond donors (Lipinski definition) is 2. The summed E-state index contributed by atoms with van der Waals surface area (Å²) in [6.07, 6.45) is 1.83. The Labute approximate surface area is 162 Å². The average molecular weight is 376 g/mol. The highest BCUT2D eigenvalue weighted by molar-refractivity contribution is 5.95. The number of nitrogens with zero attached hydrogens (tertiary/aromatic N) is 3. The predicted molar refractivity (Wildman–Crippen MR) is 106 cm³/mol. The van der Waals surface area contributed by atoms with Crippen molar-refractivity contribution < 1.29 is 14.7 Å². The van der Waals surface area contributed by atoms with Crippen LogP contribution >= 0.6 is 0 Å². The van der Waals surface area contributed by atoms with Crippen LogP contribution < -0.4 is 5.32 Å². The van der Waals surface area contributed by atoms with Crippen LogP contribution in [0.25, 0.3) is 10.9 Å². The van der Waals surface area contributed by atoms with Crippen molar-refractivity contribution in [3.8, 4) is 5.88 Å². The van der Waals surface area contributed by atoms with E-state index in [0.717, 1.165) is 11.1 Å². The lowest BCUT2D eigenvalue weighted by Crippen LogP contribution is -2.29. The maximum atomic E-state index is 12.0. The highest BCUT2D eigenvalue weighted by Gasteiger charge is 2.16. The molecule has 1 heterocycles. The topological polar surface area (TPSA) is 96.0 Å². The normalized spacial score (nSPS) is 11.0. The Kier molecular flexibility index (Phi) is 5.96. The third-order valence-electron chi connectivity index (χ3n) is 4.13. The van der Waals surface area contributed by atoms with E-state index in [1.54, 1.807) is 16.7 Å². The molecule has 0 aliphatic carbocycles. The second kappa shape index (κ2) is 8.77. The van der Waals surface area contributed by atoms with Gasteiger partial charge in [0.25, 0.3) is 5.91 Å². The highest BCUT2D eigenvalue weighted by atomic mass is 16.3. The fraction of sp³-hybridized carbons (Fsp3) is 0.143. The lowest BCUT2D eigenvalue weighted by molar-refractivity contribution is -0.124. The highest BCUT2D eigenvalue weighted by Crippen LogP contribution is 2.38. The Hall–Kier alpha value is -3.74. The van der Waals surface area contributed by atoms with Crippen LogP contribution in [-0.4, -0.2) is 28.0 Å². The zero-order valence-electron chi connectivity index (χ0n) is 15.2. The fourth-order valence-corrected chi connectivity index (χ4v) is 2.84. The molecule has 0 atom stereocenters. The maximum absolute atomic E-state index is 12.0. The molecule has 3 aromatic rings. The van der Waals surface area contributed by atoms with Crippen molar-refractivity contribution in [1.82, 2.24) is 9.88 Å². The van der Waals surface area contributed by atoms with E-state index < -0.39 is 5.91 Å². The zero-order valence-corrected chi connectivity index (χ0v) is 15.2. The van der Waals surface area contributed by atoms with Crippen LogP contribution in [0.1, 0.15) is 5.56 Å². The van der Waals surface area contributed by atoms with Gasteiger partial charge in [0.15, 0.2) is 5.69 Å². The molecule has 3 rings (SSSR count). The lowest BCUT2D eigenvalue weighted by atomic mass is 10.1. The molecule has 0 spiro atoms. The van der Waals surface area contributed by atoms with Gasteiger partial charge in [-0.15, -0.1) is 16.8 Å². The van der Waals surface area contributed by atoms with E-state index in [-0.39, 0.29) is 30.4 Å². The van der Waals surface area contributed by atoms with Gasteiger partial charge in [-0.2, -0.15) is 0 Å². The molecule has 2 amide bonds. The number of allylic oxidation sites excluding steroid dienone is 1. The van der Waals surface area contributed by atoms with Crippen molar-refractivity contribution >= 4 is 28.4 Å². The molecule has 0 bridgehead atoms. The Bertz CT molecular complexity index is 1040. The number of aromatic nitrogens is 1. The first-order valence-electron chi connectivity index (χ1n) is 8.76. The molecule has 28 heavy (non-hydrogen) atoms. The minimum Gasteiger partial charge on any atom is -0.493 e. The summed E-state index contributed by atoms with van der Waals surface area (Å²) >= 11 is 0. The number of fused-ring (bicyclic) bond motifs is 1. The molecule has 0 saturated heterocycles. The first-order chi connectivity index (χ1) is 13.6. The number of para-hydroxylation sites is 1. The zero-order chi connectivity index (χ0) is 19.9. The molecule has 0 unspecified atom stereocenters. The summed E-state index contributed by atoms with van der Waals surface area (Å²) in [5.41, 5.74) is 1.83. The Balaban J connectivity index is 1.66. The summed E-state index contributed by atoms with van der Waals surface area (Å²) in [7, 11) is 0. The van der Waals surface area contributed by atoms with Gasteiger partial charge in [-0.25, -0.2) is 0 Å². The van der Waals surface area contributed by atoms with Crippen molar-refractivity contribution in [3.63, 3.8) is 0 Å². The molecule has 0 aliphatic heterocycles. The lowest BCUT2D eigenvalue weighted by Gasteiger charge is -2.02. The average Bonchev–Trinajstić information content (AvgIpc) is 2.97. The van der Waals surface area contributed by atoms with Gasteiger partial charge < -0.3 is 15.0 Å². The van der Waals surface area contributed by atoms with E-state index in [0.29, 0.717) is 11.9 Å². The van der Waals surface area contributed by atoms with Crippen LogP contribution in [-0.2, 0) is 22.6 Å². The number of rotatable bonds is 7. The van der Waals surface area contributed by atoms with Crippen molar-refractivity contribution in [3.05, 3.63) is 72.8 Å². The molecule has 0 fully saturated rings. The summed E-state index contributed by atoms with van der Waals surface area (Å²) in [5, 5.41) is 21.2. The van der Waals surface area contributed by atoms with Crippen LogP contribution in [0, 0.1) is 0 Å². The molecular weight excluding hydrogens is 356 g/mol. The second-order valence-electron chi connectivity index (χ2n) is 6.12. The Morgan fingerprint density at radius 2 is 1.82 bits per heavy atom. The molecule has 0 radical (unpaired) electrons. The Morgan fingerprint density at radius 1 is 1.11 bits per heavy atom. The van der Waals surface area contributed by atoms with Crippen molar-refractivity contribution in [2.45, 2.75) is 13.0 Å². The van der Waals surface area contributed by atoms with Crippen LogP contribution in [0.5, 0.6) is 5.88 Å². The molecule has 142 valence electrons. The first kappa shape index (κ1) is 19.0. The van der Waals surface area contributed by atoms with Gasteiger partial charge in [-0.05, 0) is 11.6 Å². The fourth-order valence-electron chi connectivity index (χ4n) is 2.84. The number of amides is 2. The number of carbonyl (C=O) groups is 2. The SMILES string of the molecule is C=CCn1c(O)c(N=NC(=O)CNC(=O)Cc2ccccc2)c2ccccc21. The van der Waals surface area contributed by atoms with Gasteiger partial charge in [0.05, 0.1) is 11.9 Å². The number of carbonyl (C=O) groups excluding carboxylic acids is 2. The summed E-state index contributed by atoms with van der Waals surface area (Å²) in [5.74, 6) is -0.979. The van der Waals surface area contributed by atoms with Crippen LogP contribution in [0.4, 0.5) is 5.69 Å². The molecule has 2 N–H and O–H groups in total. The quantitative estimate of drug-likeness (QED) is 0.488. The molecule has 0 aliphatic rings. The van der Waals surface area contributed by atoms with E-state index in [1.807, 2.05) is 48.5 Å². The number of azo groups is 1. The van der Waals surface area contributed by atoms with E-state index in [4.69, 9.17) is 0 Å². The number of benzene rings is 2. The molecule has 7 nitrogen and oxygen atoms in total. The number of nitrogens with one attached hydrogen (secondary N) is 1. The third kappa shape index (κ3) is 4.32. The molecular formula is C21H20N4O3. The van der Waals surface area contributed by atoms with Crippen molar-refractivity contribution in [1.29, 1.82) is 0 Å². The standard InChI is InChI=1S/C21H20N4O3/c1-2-12-25-17-11-7-6-10-16(17)20(21(25)28)24-23-19(27)14-22-18(26)13-15-8-4-3-5-9-15/h2-11,28H,1,12-14H2,(H,22,26). The third-order valence-corrected chi connectivity index (χ3v) is 4.13. The maximum Gasteiger partial charge on any atom is 0.283 e. The van der Waals surface area contributed by atoms with Crippen LogP contribution in [0.2, 0.25) is 0 Å². The van der Waals surface area contributed by atoms with E-state index in [2.05, 4.69) is 22.1 Å².